The summed E-state index contributed by atoms with van der Waals surface area (Å²) in [5, 5.41) is 0. The zero-order valence-electron chi connectivity index (χ0n) is 14.1. The number of benzene rings is 1. The minimum Gasteiger partial charge on any atom is -0.443 e. The van der Waals surface area contributed by atoms with Crippen LogP contribution >= 0.6 is 0 Å². The highest BCUT2D eigenvalue weighted by molar-refractivity contribution is 5.88. The molecule has 0 fully saturated rings. The lowest BCUT2D eigenvalue weighted by molar-refractivity contribution is -0.00747. The van der Waals surface area contributed by atoms with Crippen molar-refractivity contribution in [1.82, 2.24) is 0 Å². The van der Waals surface area contributed by atoms with Gasteiger partial charge in [0.2, 0.25) is 0 Å². The van der Waals surface area contributed by atoms with E-state index in [4.69, 9.17) is 15.2 Å². The van der Waals surface area contributed by atoms with E-state index in [0.29, 0.717) is 5.69 Å². The molecule has 0 radical (unpaired) electrons. The van der Waals surface area contributed by atoms with Crippen molar-refractivity contribution in [1.29, 1.82) is 0 Å². The smallest absolute Gasteiger partial charge is 0.416 e. The van der Waals surface area contributed by atoms with Crippen LogP contribution in [0.25, 0.3) is 0 Å². The van der Waals surface area contributed by atoms with E-state index < -0.39 is 23.1 Å². The Morgan fingerprint density at radius 1 is 1.18 bits per heavy atom. The van der Waals surface area contributed by atoms with Gasteiger partial charge < -0.3 is 15.2 Å². The van der Waals surface area contributed by atoms with Crippen molar-refractivity contribution in [2.24, 2.45) is 0 Å². The minimum absolute atomic E-state index is 0.0243. The van der Waals surface area contributed by atoms with Gasteiger partial charge in [-0.2, -0.15) is 0 Å². The van der Waals surface area contributed by atoms with Gasteiger partial charge in [0.25, 0.3) is 0 Å². The van der Waals surface area contributed by atoms with Crippen molar-refractivity contribution in [3.63, 3.8) is 0 Å². The summed E-state index contributed by atoms with van der Waals surface area (Å²) in [7, 11) is 0. The number of nitrogens with two attached hydrogens (primary N) is 1. The molecule has 0 spiro atoms. The van der Waals surface area contributed by atoms with Gasteiger partial charge in [-0.1, -0.05) is 0 Å². The van der Waals surface area contributed by atoms with Crippen molar-refractivity contribution < 1.29 is 18.7 Å². The van der Waals surface area contributed by atoms with Crippen molar-refractivity contribution >= 4 is 17.5 Å². The van der Waals surface area contributed by atoms with Crippen LogP contribution in [0.3, 0.4) is 0 Å². The van der Waals surface area contributed by atoms with Gasteiger partial charge in [0.05, 0.1) is 17.0 Å². The van der Waals surface area contributed by atoms with Crippen LogP contribution in [0, 0.1) is 5.82 Å². The average molecular weight is 312 g/mol. The van der Waals surface area contributed by atoms with Crippen molar-refractivity contribution in [3.05, 3.63) is 24.0 Å². The van der Waals surface area contributed by atoms with Crippen molar-refractivity contribution in [3.8, 4) is 0 Å². The Kier molecular flexibility index (Phi) is 5.40. The van der Waals surface area contributed by atoms with Crippen LogP contribution in [0.5, 0.6) is 0 Å². The van der Waals surface area contributed by atoms with E-state index in [0.717, 1.165) is 0 Å². The Balaban J connectivity index is 3.04. The molecular weight excluding hydrogens is 287 g/mol. The molecule has 0 saturated heterocycles. The molecule has 22 heavy (non-hydrogen) atoms. The summed E-state index contributed by atoms with van der Waals surface area (Å²) in [5.74, 6) is -0.537. The van der Waals surface area contributed by atoms with E-state index in [2.05, 4.69) is 0 Å². The number of halogens is 1. The molecule has 1 aromatic rings. The standard InChI is InChI=1S/C16H25FN2O3/c1-15(2,3)21-10-19(14(20)22-16(4,5)6)11-7-8-12(17)13(18)9-11/h7-9H,10,18H2,1-6H3. The van der Waals surface area contributed by atoms with Gasteiger partial charge >= 0.3 is 6.09 Å². The Morgan fingerprint density at radius 3 is 2.23 bits per heavy atom. The predicted octanol–water partition coefficient (Wildman–Crippen LogP) is 3.92. The number of nitrogen functional groups attached to an aromatic ring is 1. The minimum atomic E-state index is -0.650. The van der Waals surface area contributed by atoms with Crippen LogP contribution in [0.1, 0.15) is 41.5 Å². The van der Waals surface area contributed by atoms with Crippen LogP contribution in [0.4, 0.5) is 20.6 Å². The van der Waals surface area contributed by atoms with E-state index in [1.54, 1.807) is 20.8 Å². The molecule has 124 valence electrons. The molecule has 0 aliphatic carbocycles. The molecule has 0 unspecified atom stereocenters. The molecule has 0 aromatic heterocycles. The summed E-state index contributed by atoms with van der Waals surface area (Å²) in [4.78, 5) is 13.6. The molecular formula is C16H25FN2O3. The summed E-state index contributed by atoms with van der Waals surface area (Å²) in [6.45, 7) is 10.9. The highest BCUT2D eigenvalue weighted by Crippen LogP contribution is 2.23. The first-order valence-corrected chi connectivity index (χ1v) is 7.08. The monoisotopic (exact) mass is 312 g/mol. The van der Waals surface area contributed by atoms with Crippen LogP contribution < -0.4 is 10.6 Å². The maximum absolute atomic E-state index is 13.3. The van der Waals surface area contributed by atoms with Crippen LogP contribution in [0.15, 0.2) is 18.2 Å². The van der Waals surface area contributed by atoms with Crippen molar-refractivity contribution in [2.75, 3.05) is 17.4 Å². The fraction of sp³-hybridized carbons (Fsp3) is 0.562. The largest absolute Gasteiger partial charge is 0.443 e. The number of hydrogen-bond donors (Lipinski definition) is 1. The molecule has 2 N–H and O–H groups in total. The topological polar surface area (TPSA) is 64.8 Å². The molecule has 0 aliphatic rings. The van der Waals surface area contributed by atoms with E-state index in [9.17, 15) is 9.18 Å². The lowest BCUT2D eigenvalue weighted by atomic mass is 10.2. The third-order valence-electron chi connectivity index (χ3n) is 2.53. The van der Waals surface area contributed by atoms with Gasteiger partial charge in [0, 0.05) is 0 Å². The zero-order chi connectivity index (χ0) is 17.1. The fourth-order valence-corrected chi connectivity index (χ4v) is 1.51. The highest BCUT2D eigenvalue weighted by atomic mass is 19.1. The first kappa shape index (κ1) is 18.2. The third-order valence-corrected chi connectivity index (χ3v) is 2.53. The summed E-state index contributed by atoms with van der Waals surface area (Å²) in [6, 6.07) is 4.05. The number of nitrogens with zero attached hydrogens (tertiary/aromatic N) is 1. The van der Waals surface area contributed by atoms with Gasteiger partial charge in [0.1, 0.15) is 18.1 Å². The number of anilines is 2. The van der Waals surface area contributed by atoms with E-state index in [-0.39, 0.29) is 12.4 Å². The number of carbonyl (C=O) groups excluding carboxylic acids is 1. The van der Waals surface area contributed by atoms with Crippen molar-refractivity contribution in [2.45, 2.75) is 52.7 Å². The van der Waals surface area contributed by atoms with Gasteiger partial charge in [-0.15, -0.1) is 0 Å². The first-order valence-electron chi connectivity index (χ1n) is 7.08. The second kappa shape index (κ2) is 6.52. The molecule has 1 rings (SSSR count). The average Bonchev–Trinajstić information content (AvgIpc) is 2.30. The third kappa shape index (κ3) is 5.89. The second-order valence-corrected chi connectivity index (χ2v) is 7.00. The first-order chi connectivity index (χ1) is 9.89. The molecule has 0 saturated carbocycles. The van der Waals surface area contributed by atoms with E-state index in [1.165, 1.54) is 23.1 Å². The van der Waals surface area contributed by atoms with Gasteiger partial charge in [-0.25, -0.2) is 9.18 Å². The number of amides is 1. The SMILES string of the molecule is CC(C)(C)OCN(C(=O)OC(C)(C)C)c1ccc(F)c(N)c1. The maximum Gasteiger partial charge on any atom is 0.416 e. The summed E-state index contributed by atoms with van der Waals surface area (Å²) >= 11 is 0. The number of carbonyl (C=O) groups is 1. The Hall–Kier alpha value is -1.82. The highest BCUT2D eigenvalue weighted by Gasteiger charge is 2.25. The zero-order valence-corrected chi connectivity index (χ0v) is 14.1. The number of rotatable bonds is 3. The summed E-state index contributed by atoms with van der Waals surface area (Å²) in [6.07, 6.45) is -0.581. The summed E-state index contributed by atoms with van der Waals surface area (Å²) in [5.41, 5.74) is 4.86. The lowest BCUT2D eigenvalue weighted by Crippen LogP contribution is -2.40. The number of ether oxygens (including phenoxy) is 2. The maximum atomic E-state index is 13.3. The summed E-state index contributed by atoms with van der Waals surface area (Å²) < 4.78 is 24.3. The van der Waals surface area contributed by atoms with Crippen LogP contribution in [-0.4, -0.2) is 24.0 Å². The quantitative estimate of drug-likeness (QED) is 0.678. The molecule has 1 amide bonds. The Bertz CT molecular complexity index is 533. The molecule has 0 heterocycles. The fourth-order valence-electron chi connectivity index (χ4n) is 1.51. The molecule has 5 nitrogen and oxygen atoms in total. The normalized spacial score (nSPS) is 12.1. The lowest BCUT2D eigenvalue weighted by Gasteiger charge is -2.30. The molecule has 0 atom stereocenters. The van der Waals surface area contributed by atoms with Gasteiger partial charge in [0.15, 0.2) is 0 Å². The molecule has 0 bridgehead atoms. The van der Waals surface area contributed by atoms with E-state index in [1.807, 2.05) is 20.8 Å². The van der Waals surface area contributed by atoms with Gasteiger partial charge in [-0.3, -0.25) is 4.90 Å². The van der Waals surface area contributed by atoms with E-state index >= 15 is 0 Å². The Labute approximate surface area is 131 Å². The Morgan fingerprint density at radius 2 is 1.77 bits per heavy atom. The van der Waals surface area contributed by atoms with Crippen LogP contribution in [-0.2, 0) is 9.47 Å². The van der Waals surface area contributed by atoms with Gasteiger partial charge in [-0.05, 0) is 59.7 Å². The molecule has 6 heteroatoms. The van der Waals surface area contributed by atoms with Crippen LogP contribution in [0.2, 0.25) is 0 Å². The molecule has 1 aromatic carbocycles. The second-order valence-electron chi connectivity index (χ2n) is 7.00. The predicted molar refractivity (Wildman–Crippen MR) is 85.2 cm³/mol. The molecule has 0 aliphatic heterocycles. The number of hydrogen-bond acceptors (Lipinski definition) is 4.